The van der Waals surface area contributed by atoms with Crippen molar-refractivity contribution in [3.8, 4) is 0 Å². The second kappa shape index (κ2) is 5.75. The van der Waals surface area contributed by atoms with Crippen LogP contribution in [0.4, 0.5) is 5.82 Å². The van der Waals surface area contributed by atoms with Crippen LogP contribution >= 0.6 is 46.0 Å². The molecule has 0 radical (unpaired) electrons. The van der Waals surface area contributed by atoms with Gasteiger partial charge in [0.25, 0.3) is 0 Å². The fourth-order valence-corrected chi connectivity index (χ4v) is 3.14. The maximum absolute atomic E-state index is 11.9. The van der Waals surface area contributed by atoms with Gasteiger partial charge >= 0.3 is 0 Å². The highest BCUT2D eigenvalue weighted by Gasteiger charge is 2.32. The molecule has 1 fully saturated rings. The first kappa shape index (κ1) is 14.1. The second-order valence-corrected chi connectivity index (χ2v) is 6.88. The number of carbonyl (C=O) groups is 2. The van der Waals surface area contributed by atoms with Crippen molar-refractivity contribution in [1.29, 1.82) is 0 Å². The summed E-state index contributed by atoms with van der Waals surface area (Å²) in [6.45, 7) is 2.02. The van der Waals surface area contributed by atoms with E-state index in [0.29, 0.717) is 23.9 Å². The molecule has 1 unspecified atom stereocenters. The number of thioether (sulfide) groups is 1. The number of hydrogen-bond donors (Lipinski definition) is 0. The lowest BCUT2D eigenvalue weighted by Gasteiger charge is -2.15. The zero-order valence-corrected chi connectivity index (χ0v) is 13.3. The normalized spacial score (nSPS) is 19.4. The van der Waals surface area contributed by atoms with E-state index in [-0.39, 0.29) is 16.3 Å². The molecule has 1 aromatic rings. The van der Waals surface area contributed by atoms with Crippen LogP contribution in [0.15, 0.2) is 12.1 Å². The van der Waals surface area contributed by atoms with Crippen LogP contribution in [0.25, 0.3) is 0 Å². The lowest BCUT2D eigenvalue weighted by Crippen LogP contribution is -2.26. The Labute approximate surface area is 128 Å². The molecule has 7 heteroatoms. The van der Waals surface area contributed by atoms with E-state index in [4.69, 9.17) is 11.6 Å². The van der Waals surface area contributed by atoms with Gasteiger partial charge in [0, 0.05) is 25.1 Å². The number of amides is 1. The quantitative estimate of drug-likeness (QED) is 0.570. The first-order valence-electron chi connectivity index (χ1n) is 5.27. The van der Waals surface area contributed by atoms with Crippen LogP contribution in [0.3, 0.4) is 0 Å². The van der Waals surface area contributed by atoms with Gasteiger partial charge in [-0.25, -0.2) is 4.98 Å². The van der Waals surface area contributed by atoms with E-state index in [1.165, 1.54) is 18.7 Å². The van der Waals surface area contributed by atoms with E-state index in [9.17, 15) is 9.59 Å². The van der Waals surface area contributed by atoms with Gasteiger partial charge in [0.05, 0.1) is 3.57 Å². The predicted molar refractivity (Wildman–Crippen MR) is 81.0 cm³/mol. The Balaban J connectivity index is 2.16. The van der Waals surface area contributed by atoms with Crippen molar-refractivity contribution in [3.05, 3.63) is 20.9 Å². The van der Waals surface area contributed by atoms with Crippen molar-refractivity contribution in [2.75, 3.05) is 11.4 Å². The zero-order chi connectivity index (χ0) is 13.3. The van der Waals surface area contributed by atoms with Gasteiger partial charge in [0.1, 0.15) is 11.0 Å². The smallest absolute Gasteiger partial charge is 0.229 e. The molecule has 0 aliphatic carbocycles. The highest BCUT2D eigenvalue weighted by Crippen LogP contribution is 2.29. The Morgan fingerprint density at radius 2 is 2.33 bits per heavy atom. The van der Waals surface area contributed by atoms with Gasteiger partial charge < -0.3 is 0 Å². The number of anilines is 1. The topological polar surface area (TPSA) is 50.3 Å². The highest BCUT2D eigenvalue weighted by atomic mass is 127. The summed E-state index contributed by atoms with van der Waals surface area (Å²) in [5, 5.41) is 0.432. The van der Waals surface area contributed by atoms with Gasteiger partial charge in [-0.05, 0) is 34.7 Å². The van der Waals surface area contributed by atoms with Gasteiger partial charge in [-0.1, -0.05) is 23.4 Å². The Morgan fingerprint density at radius 3 is 2.94 bits per heavy atom. The Bertz CT molecular complexity index is 512. The van der Waals surface area contributed by atoms with Gasteiger partial charge in [0.15, 0.2) is 5.12 Å². The molecule has 0 saturated carbocycles. The molecule has 1 saturated heterocycles. The largest absolute Gasteiger partial charge is 0.296 e. The Morgan fingerprint density at radius 1 is 1.61 bits per heavy atom. The second-order valence-electron chi connectivity index (χ2n) is 3.88. The molecule has 4 nitrogen and oxygen atoms in total. The summed E-state index contributed by atoms with van der Waals surface area (Å²) >= 11 is 9.24. The Kier molecular flexibility index (Phi) is 4.50. The van der Waals surface area contributed by atoms with Crippen molar-refractivity contribution < 1.29 is 9.59 Å². The molecule has 1 aromatic heterocycles. The monoisotopic (exact) mass is 396 g/mol. The Hall–Kier alpha value is -0.340. The van der Waals surface area contributed by atoms with Crippen LogP contribution in [0.2, 0.25) is 5.15 Å². The maximum atomic E-state index is 11.9. The molecule has 1 aliphatic heterocycles. The lowest BCUT2D eigenvalue weighted by atomic mass is 10.4. The summed E-state index contributed by atoms with van der Waals surface area (Å²) in [5.41, 5.74) is 0. The van der Waals surface area contributed by atoms with Crippen molar-refractivity contribution in [2.45, 2.75) is 18.6 Å². The molecule has 2 rings (SSSR count). The molecule has 0 bridgehead atoms. The highest BCUT2D eigenvalue weighted by molar-refractivity contribution is 14.1. The summed E-state index contributed by atoms with van der Waals surface area (Å²) in [4.78, 5) is 28.7. The predicted octanol–water partition coefficient (Wildman–Crippen LogP) is 2.72. The summed E-state index contributed by atoms with van der Waals surface area (Å²) < 4.78 is 0.847. The van der Waals surface area contributed by atoms with E-state index in [1.807, 2.05) is 6.07 Å². The molecule has 0 aromatic carbocycles. The molecule has 18 heavy (non-hydrogen) atoms. The minimum absolute atomic E-state index is 0.00912. The molecule has 1 atom stereocenters. The van der Waals surface area contributed by atoms with Gasteiger partial charge in [-0.3, -0.25) is 14.5 Å². The molecule has 2 heterocycles. The lowest BCUT2D eigenvalue weighted by molar-refractivity contribution is -0.117. The third-order valence-electron chi connectivity index (χ3n) is 2.49. The van der Waals surface area contributed by atoms with Gasteiger partial charge in [0.2, 0.25) is 5.91 Å². The maximum Gasteiger partial charge on any atom is 0.229 e. The summed E-state index contributed by atoms with van der Waals surface area (Å²) in [7, 11) is 0. The van der Waals surface area contributed by atoms with E-state index in [1.54, 1.807) is 11.0 Å². The summed E-state index contributed by atoms with van der Waals surface area (Å²) in [6, 6.07) is 3.59. The summed E-state index contributed by atoms with van der Waals surface area (Å²) in [6.07, 6.45) is 0.371. The SMILES string of the molecule is CC(=O)SC1CC(=O)N(c2ccc(I)c(Cl)n2)C1. The van der Waals surface area contributed by atoms with Crippen LogP contribution in [-0.4, -0.2) is 27.8 Å². The van der Waals surface area contributed by atoms with Gasteiger partial charge in [-0.15, -0.1) is 0 Å². The fourth-order valence-electron chi connectivity index (χ4n) is 1.77. The number of carbonyl (C=O) groups excluding carboxylic acids is 2. The average Bonchev–Trinajstić information content (AvgIpc) is 2.62. The minimum Gasteiger partial charge on any atom is -0.296 e. The minimum atomic E-state index is -0.0153. The molecule has 0 N–H and O–H groups in total. The molecule has 1 aliphatic rings. The van der Waals surface area contributed by atoms with E-state index in [0.717, 1.165) is 3.57 Å². The molecule has 0 spiro atoms. The number of aromatic nitrogens is 1. The van der Waals surface area contributed by atoms with Crippen LogP contribution in [0.5, 0.6) is 0 Å². The van der Waals surface area contributed by atoms with Crippen molar-refractivity contribution >= 4 is 62.8 Å². The first-order valence-corrected chi connectivity index (χ1v) is 7.60. The van der Waals surface area contributed by atoms with Crippen molar-refractivity contribution in [2.24, 2.45) is 0 Å². The first-order chi connectivity index (χ1) is 8.47. The van der Waals surface area contributed by atoms with Crippen LogP contribution in [0, 0.1) is 3.57 Å². The van der Waals surface area contributed by atoms with Crippen LogP contribution < -0.4 is 4.90 Å². The number of rotatable bonds is 2. The van der Waals surface area contributed by atoms with Crippen LogP contribution in [-0.2, 0) is 9.59 Å². The van der Waals surface area contributed by atoms with Crippen molar-refractivity contribution in [1.82, 2.24) is 4.98 Å². The number of hydrogen-bond acceptors (Lipinski definition) is 4. The van der Waals surface area contributed by atoms with Gasteiger partial charge in [-0.2, -0.15) is 0 Å². The van der Waals surface area contributed by atoms with E-state index >= 15 is 0 Å². The van der Waals surface area contributed by atoms with E-state index in [2.05, 4.69) is 27.6 Å². The third kappa shape index (κ3) is 3.16. The third-order valence-corrected chi connectivity index (χ3v) is 4.95. The fraction of sp³-hybridized carbons (Fsp3) is 0.364. The zero-order valence-electron chi connectivity index (χ0n) is 9.52. The number of halogens is 2. The van der Waals surface area contributed by atoms with Crippen molar-refractivity contribution in [3.63, 3.8) is 0 Å². The standard InChI is InChI=1S/C11H10ClIN2O2S/c1-6(16)18-7-4-10(17)15(5-7)9-3-2-8(13)11(12)14-9/h2-3,7H,4-5H2,1H3. The molecule has 1 amide bonds. The number of pyridine rings is 1. The summed E-state index contributed by atoms with van der Waals surface area (Å²) in [5.74, 6) is 0.538. The van der Waals surface area contributed by atoms with Crippen LogP contribution in [0.1, 0.15) is 13.3 Å². The molecule has 96 valence electrons. The average molecular weight is 397 g/mol. The molecular formula is C11H10ClIN2O2S. The van der Waals surface area contributed by atoms with E-state index < -0.39 is 0 Å². The molecular weight excluding hydrogens is 387 g/mol. The number of nitrogens with zero attached hydrogens (tertiary/aromatic N) is 2.